The first-order chi connectivity index (χ1) is 14.6. The third-order valence-corrected chi connectivity index (χ3v) is 4.86. The summed E-state index contributed by atoms with van der Waals surface area (Å²) in [6.07, 6.45) is -8.97. The van der Waals surface area contributed by atoms with E-state index in [1.807, 2.05) is 0 Å². The van der Waals surface area contributed by atoms with Crippen LogP contribution < -0.4 is 14.2 Å². The average molecular weight is 497 g/mol. The quantitative estimate of drug-likeness (QED) is 0.497. The van der Waals surface area contributed by atoms with Gasteiger partial charge in [0.15, 0.2) is 13.2 Å². The molecule has 2 aromatic rings. The molecule has 0 spiro atoms. The van der Waals surface area contributed by atoms with Crippen LogP contribution in [0.2, 0.25) is 0 Å². The zero-order chi connectivity index (χ0) is 24.3. The lowest BCUT2D eigenvalue weighted by molar-refractivity contribution is -0.153. The molecule has 0 aromatic heterocycles. The average Bonchev–Trinajstić information content (AvgIpc) is 2.65. The van der Waals surface area contributed by atoms with E-state index in [4.69, 9.17) is 0 Å². The second-order valence-electron chi connectivity index (χ2n) is 6.13. The first-order valence-electron chi connectivity index (χ1n) is 8.20. The molecule has 0 unspecified atom stereocenters. The molecule has 1 N–H and O–H groups in total. The maximum absolute atomic E-state index is 13.8. The second kappa shape index (κ2) is 9.34. The van der Waals surface area contributed by atoms with Crippen molar-refractivity contribution < 1.29 is 57.4 Å². The van der Waals surface area contributed by atoms with Crippen LogP contribution in [0, 0.1) is 11.6 Å². The minimum Gasteiger partial charge on any atom is -0.487 e. The monoisotopic (exact) mass is 497 g/mol. The van der Waals surface area contributed by atoms with Gasteiger partial charge in [0.25, 0.3) is 10.0 Å². The van der Waals surface area contributed by atoms with Gasteiger partial charge in [-0.3, -0.25) is 4.72 Å². The molecular formula is C17H12F9NO4S. The summed E-state index contributed by atoms with van der Waals surface area (Å²) in [5, 5.41) is 0. The van der Waals surface area contributed by atoms with Crippen molar-refractivity contribution in [3.63, 3.8) is 0 Å². The van der Waals surface area contributed by atoms with Crippen molar-refractivity contribution in [2.75, 3.05) is 17.9 Å². The highest BCUT2D eigenvalue weighted by molar-refractivity contribution is 7.92. The van der Waals surface area contributed by atoms with Crippen LogP contribution in [-0.2, 0) is 10.0 Å². The Morgan fingerprint density at radius 2 is 1.44 bits per heavy atom. The number of alkyl halides is 7. The largest absolute Gasteiger partial charge is 0.487 e. The number of hydrogen-bond donors (Lipinski definition) is 1. The minimum atomic E-state index is -4.87. The van der Waals surface area contributed by atoms with Crippen LogP contribution in [-0.4, -0.2) is 40.2 Å². The molecule has 0 aliphatic carbocycles. The molecular weight excluding hydrogens is 485 g/mol. The van der Waals surface area contributed by atoms with Crippen molar-refractivity contribution >= 4 is 15.7 Å². The Bertz CT molecular complexity index is 1060. The summed E-state index contributed by atoms with van der Waals surface area (Å²) in [5.74, 6) is -8.67. The Morgan fingerprint density at radius 1 is 0.875 bits per heavy atom. The van der Waals surface area contributed by atoms with Crippen LogP contribution in [0.5, 0.6) is 11.5 Å². The van der Waals surface area contributed by atoms with E-state index in [1.54, 1.807) is 4.72 Å². The molecule has 32 heavy (non-hydrogen) atoms. The normalized spacial score (nSPS) is 12.7. The van der Waals surface area contributed by atoms with E-state index >= 15 is 0 Å². The topological polar surface area (TPSA) is 64.6 Å². The maximum atomic E-state index is 13.8. The Hall–Kier alpha value is -2.84. The number of anilines is 1. The molecule has 2 rings (SSSR count). The molecule has 2 aromatic carbocycles. The van der Waals surface area contributed by atoms with Gasteiger partial charge < -0.3 is 9.47 Å². The molecule has 0 aliphatic heterocycles. The summed E-state index contributed by atoms with van der Waals surface area (Å²) < 4.78 is 150. The first kappa shape index (κ1) is 25.4. The molecule has 5 nitrogen and oxygen atoms in total. The molecule has 178 valence electrons. The van der Waals surface area contributed by atoms with Crippen molar-refractivity contribution in [3.05, 3.63) is 48.0 Å². The summed E-state index contributed by atoms with van der Waals surface area (Å²) in [5.41, 5.74) is -0.677. The van der Waals surface area contributed by atoms with Gasteiger partial charge in [0.1, 0.15) is 28.0 Å². The zero-order valence-corrected chi connectivity index (χ0v) is 16.2. The SMILES string of the molecule is O=S(=O)(Nc1cc(OCC(F)(F)F)cc(OCC(F)(F)C(F)F)c1)c1cc(F)ccc1F. The van der Waals surface area contributed by atoms with Gasteiger partial charge in [0, 0.05) is 18.2 Å². The molecule has 0 heterocycles. The second-order valence-corrected chi connectivity index (χ2v) is 7.78. The summed E-state index contributed by atoms with van der Waals surface area (Å²) in [4.78, 5) is -1.18. The van der Waals surface area contributed by atoms with Crippen LogP contribution >= 0.6 is 0 Å². The van der Waals surface area contributed by atoms with E-state index in [9.17, 15) is 47.9 Å². The van der Waals surface area contributed by atoms with Crippen LogP contribution in [0.25, 0.3) is 0 Å². The fraction of sp³-hybridized carbons (Fsp3) is 0.294. The van der Waals surface area contributed by atoms with Crippen molar-refractivity contribution in [2.45, 2.75) is 23.4 Å². The van der Waals surface area contributed by atoms with E-state index in [2.05, 4.69) is 9.47 Å². The fourth-order valence-corrected chi connectivity index (χ4v) is 3.23. The Morgan fingerprint density at radius 3 is 1.97 bits per heavy atom. The van der Waals surface area contributed by atoms with Gasteiger partial charge in [0.05, 0.1) is 5.69 Å². The molecule has 0 bridgehead atoms. The predicted octanol–water partition coefficient (Wildman–Crippen LogP) is 4.99. The lowest BCUT2D eigenvalue weighted by atomic mass is 10.3. The van der Waals surface area contributed by atoms with Crippen LogP contribution in [0.3, 0.4) is 0 Å². The highest BCUT2D eigenvalue weighted by Gasteiger charge is 2.41. The van der Waals surface area contributed by atoms with Gasteiger partial charge in [-0.15, -0.1) is 0 Å². The number of ether oxygens (including phenoxy) is 2. The smallest absolute Gasteiger partial charge is 0.422 e. The molecule has 0 saturated heterocycles. The van der Waals surface area contributed by atoms with Crippen LogP contribution in [0.15, 0.2) is 41.3 Å². The van der Waals surface area contributed by atoms with E-state index in [0.29, 0.717) is 36.4 Å². The molecule has 0 saturated carbocycles. The summed E-state index contributed by atoms with van der Waals surface area (Å²) in [6, 6.07) is 3.31. The molecule has 15 heteroatoms. The zero-order valence-electron chi connectivity index (χ0n) is 15.4. The lowest BCUT2D eigenvalue weighted by Crippen LogP contribution is -2.33. The number of nitrogens with one attached hydrogen (secondary N) is 1. The van der Waals surface area contributed by atoms with Gasteiger partial charge in [0.2, 0.25) is 0 Å². The summed E-state index contributed by atoms with van der Waals surface area (Å²) in [7, 11) is -4.87. The maximum Gasteiger partial charge on any atom is 0.422 e. The number of halogens is 9. The minimum absolute atomic E-state index is 0.308. The molecule has 0 aliphatic rings. The highest BCUT2D eigenvalue weighted by Crippen LogP contribution is 2.31. The van der Waals surface area contributed by atoms with Gasteiger partial charge in [-0.1, -0.05) is 0 Å². The van der Waals surface area contributed by atoms with Gasteiger partial charge in [-0.2, -0.15) is 22.0 Å². The number of sulfonamides is 1. The summed E-state index contributed by atoms with van der Waals surface area (Å²) in [6.45, 7) is -3.79. The lowest BCUT2D eigenvalue weighted by Gasteiger charge is -2.18. The highest BCUT2D eigenvalue weighted by atomic mass is 32.2. The fourth-order valence-electron chi connectivity index (χ4n) is 2.10. The standard InChI is InChI=1S/C17H12F9NO4S/c18-9-1-2-13(19)14(3-9)32(28,29)27-10-4-11(30-7-16(22,23)15(20)21)6-12(5-10)31-8-17(24,25)26/h1-6,15,27H,7-8H2. The molecule has 0 amide bonds. The van der Waals surface area contributed by atoms with Crippen molar-refractivity contribution in [1.82, 2.24) is 0 Å². The molecule has 0 atom stereocenters. The van der Waals surface area contributed by atoms with E-state index in [1.165, 1.54) is 0 Å². The number of rotatable bonds is 9. The first-order valence-corrected chi connectivity index (χ1v) is 9.69. The van der Waals surface area contributed by atoms with E-state index < -0.39 is 75.5 Å². The van der Waals surface area contributed by atoms with Gasteiger partial charge in [-0.05, 0) is 18.2 Å². The van der Waals surface area contributed by atoms with Crippen molar-refractivity contribution in [3.8, 4) is 11.5 Å². The third kappa shape index (κ3) is 7.10. The van der Waals surface area contributed by atoms with Gasteiger partial charge >= 0.3 is 18.5 Å². The van der Waals surface area contributed by atoms with Crippen molar-refractivity contribution in [2.24, 2.45) is 0 Å². The Kier molecular flexibility index (Phi) is 7.42. The number of hydrogen-bond acceptors (Lipinski definition) is 4. The van der Waals surface area contributed by atoms with Crippen molar-refractivity contribution in [1.29, 1.82) is 0 Å². The van der Waals surface area contributed by atoms with Crippen LogP contribution in [0.1, 0.15) is 0 Å². The number of benzene rings is 2. The molecule has 0 radical (unpaired) electrons. The van der Waals surface area contributed by atoms with E-state index in [-0.39, 0.29) is 0 Å². The summed E-state index contributed by atoms with van der Waals surface area (Å²) >= 11 is 0. The third-order valence-electron chi connectivity index (χ3n) is 3.47. The Balaban J connectivity index is 2.38. The Labute approximate surface area is 174 Å². The van der Waals surface area contributed by atoms with E-state index in [0.717, 1.165) is 0 Å². The predicted molar refractivity (Wildman–Crippen MR) is 91.6 cm³/mol. The molecule has 0 fully saturated rings. The van der Waals surface area contributed by atoms with Gasteiger partial charge in [-0.25, -0.2) is 26.0 Å². The van der Waals surface area contributed by atoms with Crippen LogP contribution in [0.4, 0.5) is 45.2 Å².